The Morgan fingerprint density at radius 2 is 2.04 bits per heavy atom. The van der Waals surface area contributed by atoms with Crippen LogP contribution >= 0.6 is 0 Å². The molecule has 1 aliphatic heterocycles. The number of hydrogen-bond acceptors (Lipinski definition) is 7. The fourth-order valence-electron chi connectivity index (χ4n) is 2.96. The maximum absolute atomic E-state index is 12.2. The van der Waals surface area contributed by atoms with Gasteiger partial charge in [-0.3, -0.25) is 4.79 Å². The first-order valence-corrected chi connectivity index (χ1v) is 10.5. The Kier molecular flexibility index (Phi) is 5.90. The van der Waals surface area contributed by atoms with Gasteiger partial charge in [-0.05, 0) is 36.6 Å². The number of rotatable bonds is 7. The minimum Gasteiger partial charge on any atom is -0.496 e. The third-order valence-corrected chi connectivity index (χ3v) is 6.12. The average Bonchev–Trinajstić information content (AvgIpc) is 3.01. The predicted octanol–water partition coefficient (Wildman–Crippen LogP) is 1.06. The number of aromatic nitrogens is 2. The summed E-state index contributed by atoms with van der Waals surface area (Å²) in [5.74, 6) is 1.22. The van der Waals surface area contributed by atoms with Crippen LogP contribution in [-0.2, 0) is 16.3 Å². The highest BCUT2D eigenvalue weighted by Gasteiger charge is 2.28. The van der Waals surface area contributed by atoms with Crippen LogP contribution in [0, 0.1) is 0 Å². The van der Waals surface area contributed by atoms with Crippen LogP contribution < -0.4 is 15.4 Å². The first kappa shape index (κ1) is 19.1. The lowest BCUT2D eigenvalue weighted by Crippen LogP contribution is -2.27. The molecule has 8 nitrogen and oxygen atoms in total. The van der Waals surface area contributed by atoms with Gasteiger partial charge >= 0.3 is 0 Å². The van der Waals surface area contributed by atoms with E-state index in [2.05, 4.69) is 20.8 Å². The molecule has 1 aliphatic rings. The minimum atomic E-state index is -2.96. The predicted molar refractivity (Wildman–Crippen MR) is 102 cm³/mol. The van der Waals surface area contributed by atoms with Crippen LogP contribution in [0.3, 0.4) is 0 Å². The molecule has 1 unspecified atom stereocenters. The zero-order chi connectivity index (χ0) is 19.3. The van der Waals surface area contributed by atoms with Crippen molar-refractivity contribution in [1.82, 2.24) is 15.5 Å². The summed E-state index contributed by atoms with van der Waals surface area (Å²) in [4.78, 5) is 12.2. The van der Waals surface area contributed by atoms with Gasteiger partial charge in [0, 0.05) is 12.6 Å². The van der Waals surface area contributed by atoms with Crippen molar-refractivity contribution in [3.8, 4) is 5.75 Å². The summed E-state index contributed by atoms with van der Waals surface area (Å²) in [6, 6.07) is 10.7. The van der Waals surface area contributed by atoms with E-state index in [0.29, 0.717) is 25.2 Å². The molecule has 27 heavy (non-hydrogen) atoms. The topological polar surface area (TPSA) is 110 Å². The monoisotopic (exact) mass is 390 g/mol. The molecule has 0 radical (unpaired) electrons. The lowest BCUT2D eigenvalue weighted by Gasteiger charge is -2.11. The summed E-state index contributed by atoms with van der Waals surface area (Å²) < 4.78 is 28.3. The highest BCUT2D eigenvalue weighted by molar-refractivity contribution is 7.91. The van der Waals surface area contributed by atoms with Crippen molar-refractivity contribution in [3.63, 3.8) is 0 Å². The van der Waals surface area contributed by atoms with Gasteiger partial charge < -0.3 is 15.4 Å². The van der Waals surface area contributed by atoms with Gasteiger partial charge in [0.1, 0.15) is 11.6 Å². The molecule has 0 spiro atoms. The maximum atomic E-state index is 12.2. The van der Waals surface area contributed by atoms with Crippen molar-refractivity contribution in [2.24, 2.45) is 0 Å². The molecule has 1 saturated heterocycles. The molecule has 1 aromatic carbocycles. The third kappa shape index (κ3) is 5.16. The Balaban J connectivity index is 1.50. The second kappa shape index (κ2) is 8.34. The Morgan fingerprint density at radius 1 is 1.22 bits per heavy atom. The number of nitrogens with zero attached hydrogens (tertiary/aromatic N) is 2. The number of amides is 1. The molecule has 1 fully saturated rings. The number of methoxy groups -OCH3 is 1. The number of ether oxygens (including phenoxy) is 1. The summed E-state index contributed by atoms with van der Waals surface area (Å²) in [7, 11) is -1.34. The van der Waals surface area contributed by atoms with Crippen molar-refractivity contribution in [3.05, 3.63) is 47.7 Å². The molecule has 0 saturated carbocycles. The van der Waals surface area contributed by atoms with E-state index >= 15 is 0 Å². The van der Waals surface area contributed by atoms with E-state index in [0.717, 1.165) is 11.3 Å². The molecule has 1 aromatic heterocycles. The molecule has 9 heteroatoms. The molecule has 1 amide bonds. The lowest BCUT2D eigenvalue weighted by molar-refractivity contribution is 0.0948. The summed E-state index contributed by atoms with van der Waals surface area (Å²) in [5.41, 5.74) is 1.22. The van der Waals surface area contributed by atoms with E-state index in [1.54, 1.807) is 19.2 Å². The second-order valence-electron chi connectivity index (χ2n) is 6.37. The molecule has 3 rings (SSSR count). The number of benzene rings is 1. The normalized spacial score (nSPS) is 18.0. The van der Waals surface area contributed by atoms with Crippen molar-refractivity contribution in [2.45, 2.75) is 18.9 Å². The smallest absolute Gasteiger partial charge is 0.271 e. The van der Waals surface area contributed by atoms with Crippen LogP contribution in [0.25, 0.3) is 0 Å². The van der Waals surface area contributed by atoms with Gasteiger partial charge in [0.15, 0.2) is 15.5 Å². The van der Waals surface area contributed by atoms with Crippen LogP contribution in [0.4, 0.5) is 5.82 Å². The van der Waals surface area contributed by atoms with E-state index < -0.39 is 9.84 Å². The van der Waals surface area contributed by atoms with Gasteiger partial charge in [0.25, 0.3) is 5.91 Å². The molecular formula is C18H22N4O4S. The molecule has 0 bridgehead atoms. The first-order chi connectivity index (χ1) is 13.0. The fraction of sp³-hybridized carbons (Fsp3) is 0.389. The van der Waals surface area contributed by atoms with Crippen LogP contribution in [0.2, 0.25) is 0 Å². The number of carbonyl (C=O) groups is 1. The Morgan fingerprint density at radius 3 is 2.70 bits per heavy atom. The number of hydrogen-bond donors (Lipinski definition) is 2. The number of para-hydroxylation sites is 1. The Bertz CT molecular complexity index is 900. The van der Waals surface area contributed by atoms with Gasteiger partial charge in [0.05, 0.1) is 18.6 Å². The summed E-state index contributed by atoms with van der Waals surface area (Å²) in [6.45, 7) is 0.445. The third-order valence-electron chi connectivity index (χ3n) is 4.35. The SMILES string of the molecule is COc1ccccc1CCNC(=O)c1ccc(NC2CCS(=O)(=O)C2)nn1. The van der Waals surface area contributed by atoms with Crippen LogP contribution in [0.5, 0.6) is 5.75 Å². The quantitative estimate of drug-likeness (QED) is 0.727. The molecule has 0 aliphatic carbocycles. The zero-order valence-electron chi connectivity index (χ0n) is 15.0. The zero-order valence-corrected chi connectivity index (χ0v) is 15.8. The molecular weight excluding hydrogens is 368 g/mol. The number of nitrogens with one attached hydrogen (secondary N) is 2. The van der Waals surface area contributed by atoms with E-state index in [1.165, 1.54) is 0 Å². The standard InChI is InChI=1S/C18H22N4O4S/c1-26-16-5-3-2-4-13(16)8-10-19-18(23)15-6-7-17(22-21-15)20-14-9-11-27(24,25)12-14/h2-7,14H,8-12H2,1H3,(H,19,23)(H,20,22). The van der Waals surface area contributed by atoms with Crippen molar-refractivity contribution < 1.29 is 17.9 Å². The van der Waals surface area contributed by atoms with E-state index in [1.807, 2.05) is 24.3 Å². The second-order valence-corrected chi connectivity index (χ2v) is 8.59. The molecule has 2 heterocycles. The van der Waals surface area contributed by atoms with Gasteiger partial charge in [-0.15, -0.1) is 10.2 Å². The summed E-state index contributed by atoms with van der Waals surface area (Å²) in [5, 5.41) is 13.7. The van der Waals surface area contributed by atoms with E-state index in [9.17, 15) is 13.2 Å². The lowest BCUT2D eigenvalue weighted by atomic mass is 10.1. The molecule has 144 valence electrons. The summed E-state index contributed by atoms with van der Waals surface area (Å²) in [6.07, 6.45) is 1.19. The number of sulfone groups is 1. The number of anilines is 1. The average molecular weight is 390 g/mol. The van der Waals surface area contributed by atoms with Crippen molar-refractivity contribution in [2.75, 3.05) is 30.5 Å². The molecule has 1 atom stereocenters. The molecule has 2 aromatic rings. The maximum Gasteiger partial charge on any atom is 0.271 e. The Hall–Kier alpha value is -2.68. The van der Waals surface area contributed by atoms with Gasteiger partial charge in [-0.25, -0.2) is 8.42 Å². The van der Waals surface area contributed by atoms with Crippen molar-refractivity contribution >= 4 is 21.6 Å². The highest BCUT2D eigenvalue weighted by atomic mass is 32.2. The first-order valence-electron chi connectivity index (χ1n) is 8.67. The largest absolute Gasteiger partial charge is 0.496 e. The summed E-state index contributed by atoms with van der Waals surface area (Å²) >= 11 is 0. The molecule has 2 N–H and O–H groups in total. The van der Waals surface area contributed by atoms with Gasteiger partial charge in [0.2, 0.25) is 0 Å². The van der Waals surface area contributed by atoms with Gasteiger partial charge in [-0.2, -0.15) is 0 Å². The minimum absolute atomic E-state index is 0.0971. The van der Waals surface area contributed by atoms with Crippen LogP contribution in [0.15, 0.2) is 36.4 Å². The highest BCUT2D eigenvalue weighted by Crippen LogP contribution is 2.17. The van der Waals surface area contributed by atoms with E-state index in [-0.39, 0.29) is 29.1 Å². The van der Waals surface area contributed by atoms with Crippen LogP contribution in [-0.4, -0.2) is 55.7 Å². The van der Waals surface area contributed by atoms with Gasteiger partial charge in [-0.1, -0.05) is 18.2 Å². The fourth-order valence-corrected chi connectivity index (χ4v) is 4.63. The van der Waals surface area contributed by atoms with Crippen molar-refractivity contribution in [1.29, 1.82) is 0 Å². The Labute approximate surface area is 158 Å². The van der Waals surface area contributed by atoms with E-state index in [4.69, 9.17) is 4.74 Å². The number of carbonyl (C=O) groups excluding carboxylic acids is 1. The van der Waals surface area contributed by atoms with Crippen LogP contribution in [0.1, 0.15) is 22.5 Å².